The van der Waals surface area contributed by atoms with Crippen LogP contribution in [0.1, 0.15) is 45.6 Å². The van der Waals surface area contributed by atoms with Crippen LogP contribution >= 0.6 is 11.8 Å². The summed E-state index contributed by atoms with van der Waals surface area (Å²) in [6.07, 6.45) is 6.26. The summed E-state index contributed by atoms with van der Waals surface area (Å²) in [7, 11) is 0. The third kappa shape index (κ3) is 4.26. The fourth-order valence-electron chi connectivity index (χ4n) is 3.43. The summed E-state index contributed by atoms with van der Waals surface area (Å²) in [6.45, 7) is 8.17. The van der Waals surface area contributed by atoms with Crippen molar-refractivity contribution >= 4 is 11.8 Å². The van der Waals surface area contributed by atoms with Crippen LogP contribution in [0.5, 0.6) is 0 Å². The highest BCUT2D eigenvalue weighted by Gasteiger charge is 2.30. The average Bonchev–Trinajstić information content (AvgIpc) is 2.45. The molecule has 0 heterocycles. The third-order valence-corrected chi connectivity index (χ3v) is 5.49. The molecule has 112 valence electrons. The second-order valence-electron chi connectivity index (χ2n) is 6.66. The molecule has 0 saturated heterocycles. The maximum Gasteiger partial charge on any atom is 0.0208 e. The monoisotopic (exact) mass is 291 g/mol. The van der Waals surface area contributed by atoms with Gasteiger partial charge in [0.15, 0.2) is 0 Å². The van der Waals surface area contributed by atoms with Gasteiger partial charge >= 0.3 is 0 Å². The smallest absolute Gasteiger partial charge is 0.0208 e. The zero-order valence-corrected chi connectivity index (χ0v) is 14.2. The molecule has 0 radical (unpaired) electrons. The van der Waals surface area contributed by atoms with Crippen LogP contribution < -0.4 is 5.32 Å². The molecule has 2 heteroatoms. The van der Waals surface area contributed by atoms with Crippen LogP contribution in [-0.4, -0.2) is 12.3 Å². The molecule has 3 atom stereocenters. The van der Waals surface area contributed by atoms with Gasteiger partial charge in [0.05, 0.1) is 0 Å². The molecule has 1 nitrogen and oxygen atoms in total. The first-order valence-electron chi connectivity index (χ1n) is 7.96. The Kier molecular flexibility index (Phi) is 5.98. The molecule has 3 unspecified atom stereocenters. The predicted octanol–water partition coefficient (Wildman–Crippen LogP) is 4.96. The number of hydrogen-bond acceptors (Lipinski definition) is 2. The van der Waals surface area contributed by atoms with E-state index in [-0.39, 0.29) is 0 Å². The molecule has 0 aromatic heterocycles. The van der Waals surface area contributed by atoms with E-state index in [1.807, 2.05) is 11.8 Å². The zero-order valence-electron chi connectivity index (χ0n) is 13.4. The molecule has 1 saturated carbocycles. The Labute approximate surface area is 128 Å². The van der Waals surface area contributed by atoms with Gasteiger partial charge in [-0.25, -0.2) is 0 Å². The first kappa shape index (κ1) is 15.9. The van der Waals surface area contributed by atoms with E-state index in [4.69, 9.17) is 0 Å². The SMILES string of the molecule is CSc1ccc(CNC2CC(C)CCC2C(C)C)cc1. The minimum absolute atomic E-state index is 0.693. The fraction of sp³-hybridized carbons (Fsp3) is 0.667. The van der Waals surface area contributed by atoms with Crippen molar-refractivity contribution in [3.63, 3.8) is 0 Å². The third-order valence-electron chi connectivity index (χ3n) is 4.75. The second kappa shape index (κ2) is 7.51. The largest absolute Gasteiger partial charge is 0.310 e. The maximum atomic E-state index is 3.83. The van der Waals surface area contributed by atoms with Crippen molar-refractivity contribution in [2.45, 2.75) is 57.5 Å². The minimum Gasteiger partial charge on any atom is -0.310 e. The van der Waals surface area contributed by atoms with Crippen molar-refractivity contribution in [3.05, 3.63) is 29.8 Å². The Morgan fingerprint density at radius 3 is 2.50 bits per heavy atom. The Bertz CT molecular complexity index is 398. The summed E-state index contributed by atoms with van der Waals surface area (Å²) in [5, 5.41) is 3.83. The molecule has 1 aliphatic rings. The summed E-state index contributed by atoms with van der Waals surface area (Å²) >= 11 is 1.81. The van der Waals surface area contributed by atoms with Crippen molar-refractivity contribution in [2.75, 3.05) is 6.26 Å². The van der Waals surface area contributed by atoms with Gasteiger partial charge in [-0.1, -0.05) is 39.3 Å². The van der Waals surface area contributed by atoms with Crippen LogP contribution in [0.2, 0.25) is 0 Å². The Morgan fingerprint density at radius 2 is 1.90 bits per heavy atom. The first-order valence-corrected chi connectivity index (χ1v) is 9.19. The lowest BCUT2D eigenvalue weighted by Gasteiger charge is -2.38. The van der Waals surface area contributed by atoms with Gasteiger partial charge in [0, 0.05) is 17.5 Å². The van der Waals surface area contributed by atoms with Crippen LogP contribution in [0.25, 0.3) is 0 Å². The van der Waals surface area contributed by atoms with E-state index in [0.717, 1.165) is 24.3 Å². The summed E-state index contributed by atoms with van der Waals surface area (Å²) in [6, 6.07) is 9.67. The lowest BCUT2D eigenvalue weighted by atomic mass is 9.74. The van der Waals surface area contributed by atoms with Crippen molar-refractivity contribution in [2.24, 2.45) is 17.8 Å². The van der Waals surface area contributed by atoms with Gasteiger partial charge < -0.3 is 5.32 Å². The highest BCUT2D eigenvalue weighted by atomic mass is 32.2. The van der Waals surface area contributed by atoms with Crippen molar-refractivity contribution in [1.29, 1.82) is 0 Å². The molecule has 0 amide bonds. The van der Waals surface area contributed by atoms with E-state index < -0.39 is 0 Å². The topological polar surface area (TPSA) is 12.0 Å². The lowest BCUT2D eigenvalue weighted by molar-refractivity contribution is 0.169. The normalized spacial score (nSPS) is 26.9. The van der Waals surface area contributed by atoms with Crippen LogP contribution in [0.3, 0.4) is 0 Å². The van der Waals surface area contributed by atoms with E-state index in [1.165, 1.54) is 29.7 Å². The predicted molar refractivity (Wildman–Crippen MR) is 90.2 cm³/mol. The molecular weight excluding hydrogens is 262 g/mol. The number of thioether (sulfide) groups is 1. The molecule has 1 N–H and O–H groups in total. The summed E-state index contributed by atoms with van der Waals surface area (Å²) in [4.78, 5) is 1.35. The molecule has 0 spiro atoms. The van der Waals surface area contributed by atoms with E-state index in [1.54, 1.807) is 0 Å². The van der Waals surface area contributed by atoms with Gasteiger partial charge in [0.25, 0.3) is 0 Å². The van der Waals surface area contributed by atoms with Crippen LogP contribution in [0.4, 0.5) is 0 Å². The zero-order chi connectivity index (χ0) is 14.5. The van der Waals surface area contributed by atoms with Gasteiger partial charge in [-0.05, 0) is 54.5 Å². The van der Waals surface area contributed by atoms with Crippen LogP contribution in [-0.2, 0) is 6.54 Å². The summed E-state index contributed by atoms with van der Waals surface area (Å²) < 4.78 is 0. The standard InChI is InChI=1S/C18H29NS/c1-13(2)17-10-5-14(3)11-18(17)19-12-15-6-8-16(20-4)9-7-15/h6-9,13-14,17-19H,5,10-12H2,1-4H3. The van der Waals surface area contributed by atoms with E-state index >= 15 is 0 Å². The quantitative estimate of drug-likeness (QED) is 0.770. The second-order valence-corrected chi connectivity index (χ2v) is 7.54. The highest BCUT2D eigenvalue weighted by molar-refractivity contribution is 7.98. The Balaban J connectivity index is 1.92. The summed E-state index contributed by atoms with van der Waals surface area (Å²) in [5.74, 6) is 2.51. The highest BCUT2D eigenvalue weighted by Crippen LogP contribution is 2.33. The van der Waals surface area contributed by atoms with Gasteiger partial charge in [0.1, 0.15) is 0 Å². The van der Waals surface area contributed by atoms with E-state index in [2.05, 4.69) is 56.6 Å². The van der Waals surface area contributed by atoms with Crippen molar-refractivity contribution in [1.82, 2.24) is 5.32 Å². The molecule has 1 fully saturated rings. The van der Waals surface area contributed by atoms with Gasteiger partial charge in [-0.15, -0.1) is 11.8 Å². The van der Waals surface area contributed by atoms with Crippen molar-refractivity contribution < 1.29 is 0 Å². The number of rotatable bonds is 5. The first-order chi connectivity index (χ1) is 9.60. The van der Waals surface area contributed by atoms with Crippen LogP contribution in [0, 0.1) is 17.8 Å². The molecule has 20 heavy (non-hydrogen) atoms. The Morgan fingerprint density at radius 1 is 1.20 bits per heavy atom. The lowest BCUT2D eigenvalue weighted by Crippen LogP contribution is -2.42. The molecule has 1 aliphatic carbocycles. The molecule has 1 aromatic carbocycles. The van der Waals surface area contributed by atoms with Crippen molar-refractivity contribution in [3.8, 4) is 0 Å². The molecule has 0 aliphatic heterocycles. The van der Waals surface area contributed by atoms with E-state index in [0.29, 0.717) is 6.04 Å². The molecule has 0 bridgehead atoms. The Hall–Kier alpha value is -0.470. The molecule has 1 aromatic rings. The summed E-state index contributed by atoms with van der Waals surface area (Å²) in [5.41, 5.74) is 1.41. The van der Waals surface area contributed by atoms with Gasteiger partial charge in [-0.2, -0.15) is 0 Å². The number of nitrogens with one attached hydrogen (secondary N) is 1. The van der Waals surface area contributed by atoms with Gasteiger partial charge in [0.2, 0.25) is 0 Å². The maximum absolute atomic E-state index is 3.83. The molecule has 2 rings (SSSR count). The number of hydrogen-bond donors (Lipinski definition) is 1. The van der Waals surface area contributed by atoms with Crippen LogP contribution in [0.15, 0.2) is 29.2 Å². The molecular formula is C18H29NS. The van der Waals surface area contributed by atoms with E-state index in [9.17, 15) is 0 Å². The number of benzene rings is 1. The average molecular weight is 292 g/mol. The van der Waals surface area contributed by atoms with Gasteiger partial charge in [-0.3, -0.25) is 0 Å². The minimum atomic E-state index is 0.693. The fourth-order valence-corrected chi connectivity index (χ4v) is 3.84.